The zero-order valence-electron chi connectivity index (χ0n) is 50.3. The molecule has 7 heteroatoms. The van der Waals surface area contributed by atoms with Gasteiger partial charge in [0.2, 0.25) is 5.75 Å². The molecule has 0 amide bonds. The summed E-state index contributed by atoms with van der Waals surface area (Å²) in [5.74, 6) is 4.70. The van der Waals surface area contributed by atoms with Gasteiger partial charge in [-0.1, -0.05) is 231 Å². The molecule has 432 valence electrons. The quantitative estimate of drug-likeness (QED) is 0.0324. The number of ether oxygens (including phenoxy) is 6. The van der Waals surface area contributed by atoms with Crippen molar-refractivity contribution in [2.45, 2.75) is 261 Å². The van der Waals surface area contributed by atoms with Crippen molar-refractivity contribution in [2.75, 3.05) is 39.5 Å². The molecular formula is C70H112NO6+. The molecule has 0 aromatic heterocycles. The van der Waals surface area contributed by atoms with Gasteiger partial charge in [0.15, 0.2) is 11.5 Å². The molecule has 4 aromatic rings. The van der Waals surface area contributed by atoms with Gasteiger partial charge in [-0.15, -0.1) is 0 Å². The summed E-state index contributed by atoms with van der Waals surface area (Å²) in [6, 6.07) is 29.5. The predicted molar refractivity (Wildman–Crippen MR) is 326 cm³/mol. The maximum absolute atomic E-state index is 6.82. The number of nitrogens with zero attached hydrogens (tertiary/aromatic N) is 1. The Bertz CT molecular complexity index is 1890. The molecule has 4 aromatic carbocycles. The second-order valence-corrected chi connectivity index (χ2v) is 22.3. The van der Waals surface area contributed by atoms with Crippen LogP contribution in [0.4, 0.5) is 0 Å². The normalized spacial score (nSPS) is 11.5. The third-order valence-corrected chi connectivity index (χ3v) is 15.9. The smallest absolute Gasteiger partial charge is 0.203 e. The molecule has 77 heavy (non-hydrogen) atoms. The fraction of sp³-hybridized carbons (Fsp3) is 0.657. The molecule has 0 saturated carbocycles. The lowest BCUT2D eigenvalue weighted by Gasteiger charge is -2.36. The third-order valence-electron chi connectivity index (χ3n) is 15.9. The van der Waals surface area contributed by atoms with Gasteiger partial charge < -0.3 is 32.9 Å². The van der Waals surface area contributed by atoms with Crippen molar-refractivity contribution in [3.05, 3.63) is 107 Å². The molecule has 0 aliphatic rings. The average Bonchev–Trinajstić information content (AvgIpc) is 3.46. The van der Waals surface area contributed by atoms with E-state index in [1.54, 1.807) is 0 Å². The zero-order chi connectivity index (χ0) is 54.7. The molecule has 0 fully saturated rings. The SMILES string of the molecule is CCCCCCCCCCCCOc1ccc(COc2cc(C[N+](CC)(CC)CC)cc(OCc3ccc(OCCCCCCCCCCCC)cc3)c2OCc2ccc(OCCCCCCCCCCCC)cc2)cc1. The van der Waals surface area contributed by atoms with Gasteiger partial charge in [-0.2, -0.15) is 0 Å². The second-order valence-electron chi connectivity index (χ2n) is 22.3. The average molecular weight is 1060 g/mol. The number of quaternary nitrogens is 1. The summed E-state index contributed by atoms with van der Waals surface area (Å²) < 4.78 is 40.0. The van der Waals surface area contributed by atoms with Crippen LogP contribution in [-0.2, 0) is 26.4 Å². The minimum absolute atomic E-state index is 0.361. The minimum Gasteiger partial charge on any atom is -0.494 e. The molecular weight excluding hydrogens is 951 g/mol. The number of rotatable bonds is 50. The molecule has 0 radical (unpaired) electrons. The highest BCUT2D eigenvalue weighted by Crippen LogP contribution is 2.41. The standard InChI is InChI=1S/C70H112NO6/c1-7-13-16-19-22-25-28-31-34-37-52-72-65-46-40-61(41-47-65)58-75-68-55-64(57-71(10-4,11-5)12-6)56-69(76-59-62-42-48-66(49-43-62)73-53-38-35-32-29-26-23-20-17-14-8-2)70(68)77-60-63-44-50-67(51-45-63)74-54-39-36-33-30-27-24-21-18-15-9-3/h40-51,55-56H,7-39,52-54,57-60H2,1-6H3/q+1. The second kappa shape index (κ2) is 42.6. The van der Waals surface area contributed by atoms with Gasteiger partial charge in [0.1, 0.15) is 43.6 Å². The number of benzene rings is 4. The van der Waals surface area contributed by atoms with Gasteiger partial charge in [0.05, 0.1) is 39.5 Å². The van der Waals surface area contributed by atoms with E-state index >= 15 is 0 Å². The highest BCUT2D eigenvalue weighted by molar-refractivity contribution is 5.54. The molecule has 0 bridgehead atoms. The molecule has 0 atom stereocenters. The monoisotopic (exact) mass is 1060 g/mol. The maximum atomic E-state index is 6.82. The molecule has 7 nitrogen and oxygen atoms in total. The molecule has 0 N–H and O–H groups in total. The van der Waals surface area contributed by atoms with Crippen LogP contribution in [0.3, 0.4) is 0 Å². The Balaban J connectivity index is 1.42. The zero-order valence-corrected chi connectivity index (χ0v) is 50.3. The molecule has 0 unspecified atom stereocenters. The summed E-state index contributed by atoms with van der Waals surface area (Å²) in [6.07, 6.45) is 39.5. The van der Waals surface area contributed by atoms with Crippen molar-refractivity contribution in [1.29, 1.82) is 0 Å². The molecule has 0 aliphatic carbocycles. The summed E-state index contributed by atoms with van der Waals surface area (Å²) in [5, 5.41) is 0. The van der Waals surface area contributed by atoms with E-state index in [-0.39, 0.29) is 0 Å². The lowest BCUT2D eigenvalue weighted by molar-refractivity contribution is -0.936. The first-order valence-corrected chi connectivity index (χ1v) is 32.0. The van der Waals surface area contributed by atoms with Crippen molar-refractivity contribution < 1.29 is 32.9 Å². The van der Waals surface area contributed by atoms with Crippen LogP contribution in [0.15, 0.2) is 84.9 Å². The van der Waals surface area contributed by atoms with E-state index in [2.05, 4.69) is 126 Å². The predicted octanol–water partition coefficient (Wildman–Crippen LogP) is 20.7. The highest BCUT2D eigenvalue weighted by atomic mass is 16.5. The molecule has 0 heterocycles. The third kappa shape index (κ3) is 28.9. The number of hydrogen-bond donors (Lipinski definition) is 0. The Morgan fingerprint density at radius 1 is 0.273 bits per heavy atom. The van der Waals surface area contributed by atoms with Gasteiger partial charge in [0.25, 0.3) is 0 Å². The van der Waals surface area contributed by atoms with Crippen LogP contribution in [0.2, 0.25) is 0 Å². The van der Waals surface area contributed by atoms with E-state index < -0.39 is 0 Å². The Labute approximate surface area is 472 Å². The molecule has 4 rings (SSSR count). The summed E-state index contributed by atoms with van der Waals surface area (Å²) in [4.78, 5) is 0. The Kier molecular flexibility index (Phi) is 36.0. The van der Waals surface area contributed by atoms with Crippen molar-refractivity contribution in [3.8, 4) is 34.5 Å². The Morgan fingerprint density at radius 2 is 0.532 bits per heavy atom. The van der Waals surface area contributed by atoms with Gasteiger partial charge in [-0.05, 0) is 105 Å². The van der Waals surface area contributed by atoms with E-state index in [0.717, 1.165) is 104 Å². The van der Waals surface area contributed by atoms with Gasteiger partial charge in [-0.3, -0.25) is 0 Å². The lowest BCUT2D eigenvalue weighted by Crippen LogP contribution is -2.46. The molecule has 0 aliphatic heterocycles. The lowest BCUT2D eigenvalue weighted by atomic mass is 10.1. The van der Waals surface area contributed by atoms with Crippen LogP contribution in [0, 0.1) is 0 Å². The summed E-state index contributed by atoms with van der Waals surface area (Å²) in [7, 11) is 0. The minimum atomic E-state index is 0.361. The highest BCUT2D eigenvalue weighted by Gasteiger charge is 2.25. The maximum Gasteiger partial charge on any atom is 0.203 e. The first-order chi connectivity index (χ1) is 37.9. The topological polar surface area (TPSA) is 55.4 Å². The van der Waals surface area contributed by atoms with Crippen LogP contribution < -0.4 is 28.4 Å². The Morgan fingerprint density at radius 3 is 0.805 bits per heavy atom. The summed E-state index contributed by atoms with van der Waals surface area (Å²) >= 11 is 0. The van der Waals surface area contributed by atoms with Crippen molar-refractivity contribution in [2.24, 2.45) is 0 Å². The summed E-state index contributed by atoms with van der Waals surface area (Å²) in [6.45, 7) is 21.1. The fourth-order valence-corrected chi connectivity index (χ4v) is 10.3. The number of unbranched alkanes of at least 4 members (excludes halogenated alkanes) is 27. The molecule has 0 saturated heterocycles. The van der Waals surface area contributed by atoms with Crippen molar-refractivity contribution in [1.82, 2.24) is 0 Å². The largest absolute Gasteiger partial charge is 0.494 e. The Hall–Kier alpha value is -4.36. The van der Waals surface area contributed by atoms with E-state index in [4.69, 9.17) is 28.4 Å². The van der Waals surface area contributed by atoms with E-state index in [0.29, 0.717) is 37.1 Å². The van der Waals surface area contributed by atoms with Gasteiger partial charge in [0, 0.05) is 5.56 Å². The van der Waals surface area contributed by atoms with Crippen LogP contribution >= 0.6 is 0 Å². The van der Waals surface area contributed by atoms with Crippen molar-refractivity contribution >= 4 is 0 Å². The van der Waals surface area contributed by atoms with Crippen LogP contribution in [0.1, 0.15) is 256 Å². The van der Waals surface area contributed by atoms with Crippen LogP contribution in [-0.4, -0.2) is 43.9 Å². The first kappa shape index (κ1) is 65.2. The summed E-state index contributed by atoms with van der Waals surface area (Å²) in [5.41, 5.74) is 4.36. The van der Waals surface area contributed by atoms with E-state index in [9.17, 15) is 0 Å². The first-order valence-electron chi connectivity index (χ1n) is 32.0. The van der Waals surface area contributed by atoms with Crippen molar-refractivity contribution in [3.63, 3.8) is 0 Å². The van der Waals surface area contributed by atoms with E-state index in [1.165, 1.54) is 179 Å². The van der Waals surface area contributed by atoms with Crippen LogP contribution in [0.5, 0.6) is 34.5 Å². The fourth-order valence-electron chi connectivity index (χ4n) is 10.3. The van der Waals surface area contributed by atoms with Gasteiger partial charge in [-0.25, -0.2) is 0 Å². The number of hydrogen-bond acceptors (Lipinski definition) is 6. The van der Waals surface area contributed by atoms with E-state index in [1.807, 2.05) is 0 Å². The van der Waals surface area contributed by atoms with Gasteiger partial charge >= 0.3 is 0 Å². The molecule has 0 spiro atoms. The van der Waals surface area contributed by atoms with Crippen LogP contribution in [0.25, 0.3) is 0 Å².